The summed E-state index contributed by atoms with van der Waals surface area (Å²) < 4.78 is 11.3. The number of allylic oxidation sites excluding steroid dienone is 11. The van der Waals surface area contributed by atoms with E-state index in [9.17, 15) is 30.3 Å². The normalized spacial score (nSPS) is 20.1. The van der Waals surface area contributed by atoms with Crippen molar-refractivity contribution in [2.45, 2.75) is 281 Å². The van der Waals surface area contributed by atoms with Gasteiger partial charge in [0.25, 0.3) is 0 Å². The molecule has 0 spiro atoms. The standard InChI is InChI=1S/C59H105NO8/c1-3-5-7-9-11-13-15-17-19-21-23-25-27-29-31-33-35-37-39-41-43-45-47-49-55(63)60-52(51-67-59-58(66)57(65)56(64)54(50-61)68-59)53(62)48-46-44-42-40-38-36-34-32-30-28-26-24-22-20-18-16-14-12-10-8-6-4-2/h5,7,11,13,17,19,23,25,29,31,46,48,52-54,56-59,61-62,64-66H,3-4,6,8-10,12,14-16,18,20-22,24,26-28,30,32-45,47,49-51H2,1-2H3,(H,60,63)/b7-5-,13-11-,19-17-,25-23-,31-29-,48-46+. The first-order valence-electron chi connectivity index (χ1n) is 28.2. The Morgan fingerprint density at radius 1 is 0.515 bits per heavy atom. The highest BCUT2D eigenvalue weighted by molar-refractivity contribution is 5.76. The van der Waals surface area contributed by atoms with Crippen molar-refractivity contribution in [1.82, 2.24) is 5.32 Å². The minimum Gasteiger partial charge on any atom is -0.394 e. The topological polar surface area (TPSA) is 149 Å². The number of amides is 1. The highest BCUT2D eigenvalue weighted by Gasteiger charge is 2.44. The number of carbonyl (C=O) groups is 1. The fourth-order valence-corrected chi connectivity index (χ4v) is 8.60. The van der Waals surface area contributed by atoms with Gasteiger partial charge in [-0.3, -0.25) is 4.79 Å². The van der Waals surface area contributed by atoms with Gasteiger partial charge in [0.2, 0.25) is 5.91 Å². The first-order valence-corrected chi connectivity index (χ1v) is 28.2. The molecule has 7 unspecified atom stereocenters. The van der Waals surface area contributed by atoms with Gasteiger partial charge in [0.15, 0.2) is 6.29 Å². The van der Waals surface area contributed by atoms with Gasteiger partial charge < -0.3 is 40.3 Å². The number of ether oxygens (including phenoxy) is 2. The van der Waals surface area contributed by atoms with Gasteiger partial charge in [-0.05, 0) is 64.2 Å². The lowest BCUT2D eigenvalue weighted by Crippen LogP contribution is -2.60. The van der Waals surface area contributed by atoms with E-state index in [0.717, 1.165) is 83.5 Å². The molecule has 9 heteroatoms. The van der Waals surface area contributed by atoms with Crippen LogP contribution in [0.25, 0.3) is 0 Å². The van der Waals surface area contributed by atoms with E-state index in [0.29, 0.717) is 6.42 Å². The van der Waals surface area contributed by atoms with Crippen LogP contribution in [-0.2, 0) is 14.3 Å². The maximum absolute atomic E-state index is 13.0. The monoisotopic (exact) mass is 956 g/mol. The number of rotatable bonds is 47. The lowest BCUT2D eigenvalue weighted by molar-refractivity contribution is -0.302. The van der Waals surface area contributed by atoms with Crippen molar-refractivity contribution >= 4 is 5.91 Å². The average molecular weight is 956 g/mol. The maximum atomic E-state index is 13.0. The van der Waals surface area contributed by atoms with Crippen molar-refractivity contribution in [3.8, 4) is 0 Å². The van der Waals surface area contributed by atoms with Gasteiger partial charge in [-0.1, -0.05) is 241 Å². The number of unbranched alkanes of at least 4 members (excludes halogenated alkanes) is 27. The Bertz CT molecular complexity index is 1290. The Labute approximate surface area is 417 Å². The van der Waals surface area contributed by atoms with Crippen molar-refractivity contribution < 1.29 is 39.8 Å². The number of hydrogen-bond acceptors (Lipinski definition) is 8. The Morgan fingerprint density at radius 3 is 1.35 bits per heavy atom. The molecule has 68 heavy (non-hydrogen) atoms. The Kier molecular flexibility index (Phi) is 45.2. The number of carbonyl (C=O) groups excluding carboxylic acids is 1. The number of hydrogen-bond donors (Lipinski definition) is 6. The second-order valence-electron chi connectivity index (χ2n) is 19.4. The van der Waals surface area contributed by atoms with Gasteiger partial charge in [-0.15, -0.1) is 0 Å². The van der Waals surface area contributed by atoms with Crippen LogP contribution in [0.2, 0.25) is 0 Å². The molecule has 1 aliphatic rings. The molecule has 1 heterocycles. The average Bonchev–Trinajstić information content (AvgIpc) is 3.34. The predicted octanol–water partition coefficient (Wildman–Crippen LogP) is 13.7. The molecule has 0 aliphatic carbocycles. The van der Waals surface area contributed by atoms with Crippen LogP contribution in [0, 0.1) is 0 Å². The third kappa shape index (κ3) is 37.5. The van der Waals surface area contributed by atoms with Crippen molar-refractivity contribution in [3.63, 3.8) is 0 Å². The minimum absolute atomic E-state index is 0.189. The van der Waals surface area contributed by atoms with Crippen LogP contribution >= 0.6 is 0 Å². The summed E-state index contributed by atoms with van der Waals surface area (Å²) >= 11 is 0. The first-order chi connectivity index (χ1) is 33.3. The molecule has 0 aromatic heterocycles. The molecule has 7 atom stereocenters. The molecule has 1 fully saturated rings. The van der Waals surface area contributed by atoms with Crippen LogP contribution in [0.5, 0.6) is 0 Å². The predicted molar refractivity (Wildman–Crippen MR) is 285 cm³/mol. The van der Waals surface area contributed by atoms with E-state index >= 15 is 0 Å². The molecule has 1 aliphatic heterocycles. The highest BCUT2D eigenvalue weighted by Crippen LogP contribution is 2.23. The van der Waals surface area contributed by atoms with Crippen LogP contribution in [0.15, 0.2) is 72.9 Å². The van der Waals surface area contributed by atoms with Crippen LogP contribution in [0.1, 0.15) is 239 Å². The highest BCUT2D eigenvalue weighted by atomic mass is 16.7. The Balaban J connectivity index is 2.27. The van der Waals surface area contributed by atoms with Crippen LogP contribution in [-0.4, -0.2) is 87.5 Å². The van der Waals surface area contributed by atoms with Crippen molar-refractivity contribution in [2.75, 3.05) is 13.2 Å². The first kappa shape index (κ1) is 63.6. The molecule has 0 aromatic rings. The molecular weight excluding hydrogens is 851 g/mol. The van der Waals surface area contributed by atoms with Crippen LogP contribution in [0.4, 0.5) is 0 Å². The summed E-state index contributed by atoms with van der Waals surface area (Å²) in [6.45, 7) is 3.67. The van der Waals surface area contributed by atoms with Crippen molar-refractivity contribution in [2.24, 2.45) is 0 Å². The summed E-state index contributed by atoms with van der Waals surface area (Å²) in [4.78, 5) is 13.0. The van der Waals surface area contributed by atoms with Gasteiger partial charge in [0.1, 0.15) is 24.4 Å². The second kappa shape index (κ2) is 48.3. The Hall–Kier alpha value is -2.37. The van der Waals surface area contributed by atoms with Crippen molar-refractivity contribution in [1.29, 1.82) is 0 Å². The fourth-order valence-electron chi connectivity index (χ4n) is 8.60. The van der Waals surface area contributed by atoms with E-state index in [1.165, 1.54) is 135 Å². The van der Waals surface area contributed by atoms with Gasteiger partial charge in [0.05, 0.1) is 25.4 Å². The van der Waals surface area contributed by atoms with Gasteiger partial charge in [-0.2, -0.15) is 0 Å². The summed E-state index contributed by atoms with van der Waals surface area (Å²) in [5.41, 5.74) is 0. The quantitative estimate of drug-likeness (QED) is 0.0261. The molecule has 0 bridgehead atoms. The minimum atomic E-state index is -1.57. The SMILES string of the molecule is CC/C=C\C/C=C\C/C=C\C/C=C\C/C=C\CCCCCCCCCC(=O)NC(COC1OC(CO)C(O)C(O)C1O)C(O)/C=C/CCCCCCCCCCCCCCCCCCCCCC. The lowest BCUT2D eigenvalue weighted by Gasteiger charge is -2.40. The number of aliphatic hydroxyl groups excluding tert-OH is 5. The molecule has 0 aromatic carbocycles. The zero-order valence-corrected chi connectivity index (χ0v) is 43.6. The largest absolute Gasteiger partial charge is 0.394 e. The molecule has 394 valence electrons. The fraction of sp³-hybridized carbons (Fsp3) is 0.780. The lowest BCUT2D eigenvalue weighted by atomic mass is 9.99. The third-order valence-corrected chi connectivity index (χ3v) is 13.0. The van der Waals surface area contributed by atoms with E-state index in [2.05, 4.69) is 79.9 Å². The van der Waals surface area contributed by atoms with Crippen LogP contribution < -0.4 is 5.32 Å². The second-order valence-corrected chi connectivity index (χ2v) is 19.4. The molecular formula is C59H105NO8. The Morgan fingerprint density at radius 2 is 0.912 bits per heavy atom. The number of nitrogens with one attached hydrogen (secondary N) is 1. The molecule has 1 saturated heterocycles. The summed E-state index contributed by atoms with van der Waals surface area (Å²) in [5.74, 6) is -0.189. The van der Waals surface area contributed by atoms with E-state index in [1.54, 1.807) is 6.08 Å². The zero-order chi connectivity index (χ0) is 49.4. The van der Waals surface area contributed by atoms with Gasteiger partial charge in [0, 0.05) is 6.42 Å². The maximum Gasteiger partial charge on any atom is 0.220 e. The van der Waals surface area contributed by atoms with E-state index in [4.69, 9.17) is 9.47 Å². The van der Waals surface area contributed by atoms with Gasteiger partial charge >= 0.3 is 0 Å². The zero-order valence-electron chi connectivity index (χ0n) is 43.6. The molecule has 9 nitrogen and oxygen atoms in total. The molecule has 6 N–H and O–H groups in total. The van der Waals surface area contributed by atoms with Crippen molar-refractivity contribution in [3.05, 3.63) is 72.9 Å². The molecule has 1 amide bonds. The summed E-state index contributed by atoms with van der Waals surface area (Å²) in [6.07, 6.45) is 59.5. The van der Waals surface area contributed by atoms with Gasteiger partial charge in [-0.25, -0.2) is 0 Å². The molecule has 0 radical (unpaired) electrons. The van der Waals surface area contributed by atoms with E-state index < -0.39 is 49.5 Å². The summed E-state index contributed by atoms with van der Waals surface area (Å²) in [7, 11) is 0. The third-order valence-electron chi connectivity index (χ3n) is 13.0. The summed E-state index contributed by atoms with van der Waals surface area (Å²) in [5, 5.41) is 54.5. The smallest absolute Gasteiger partial charge is 0.220 e. The number of aliphatic hydroxyl groups is 5. The van der Waals surface area contributed by atoms with E-state index in [-0.39, 0.29) is 12.5 Å². The van der Waals surface area contributed by atoms with Crippen LogP contribution in [0.3, 0.4) is 0 Å². The van der Waals surface area contributed by atoms with E-state index in [1.807, 2.05) is 6.08 Å². The molecule has 1 rings (SSSR count). The molecule has 0 saturated carbocycles. The summed E-state index contributed by atoms with van der Waals surface area (Å²) in [6, 6.07) is -0.816.